The first-order chi connectivity index (χ1) is 8.76. The maximum atomic E-state index is 13.6. The first-order valence-corrected chi connectivity index (χ1v) is 6.31. The molecule has 0 saturated carbocycles. The highest BCUT2D eigenvalue weighted by atomic mass is 19.1. The van der Waals surface area contributed by atoms with Gasteiger partial charge in [0.1, 0.15) is 17.4 Å². The molecule has 1 fully saturated rings. The summed E-state index contributed by atoms with van der Waals surface area (Å²) in [4.78, 5) is 2.05. The van der Waals surface area contributed by atoms with Crippen LogP contribution in [0.15, 0.2) is 18.2 Å². The zero-order valence-corrected chi connectivity index (χ0v) is 10.5. The lowest BCUT2D eigenvalue weighted by molar-refractivity contribution is 0.0526. The van der Waals surface area contributed by atoms with Crippen LogP contribution < -0.4 is 4.90 Å². The number of piperidine rings is 1. The van der Waals surface area contributed by atoms with Crippen molar-refractivity contribution in [2.45, 2.75) is 25.9 Å². The van der Waals surface area contributed by atoms with Gasteiger partial charge in [0.25, 0.3) is 0 Å². The van der Waals surface area contributed by atoms with Crippen molar-refractivity contribution in [2.75, 3.05) is 24.6 Å². The Labute approximate surface area is 107 Å². The van der Waals surface area contributed by atoms with Crippen molar-refractivity contribution in [3.63, 3.8) is 0 Å². The molecule has 96 valence electrons. The molecule has 0 aromatic heterocycles. The first kappa shape index (κ1) is 12.8. The Hall–Kier alpha value is -1.60. The minimum atomic E-state index is -0.450. The lowest BCUT2D eigenvalue weighted by Crippen LogP contribution is -2.40. The number of benzene rings is 1. The van der Waals surface area contributed by atoms with Gasteiger partial charge in [0.2, 0.25) is 0 Å². The van der Waals surface area contributed by atoms with Crippen LogP contribution in [0.25, 0.3) is 0 Å². The second-order valence-electron chi connectivity index (χ2n) is 4.41. The Morgan fingerprint density at radius 1 is 1.56 bits per heavy atom. The second-order valence-corrected chi connectivity index (χ2v) is 4.41. The fourth-order valence-corrected chi connectivity index (χ4v) is 2.42. The molecule has 1 aromatic rings. The Morgan fingerprint density at radius 2 is 2.39 bits per heavy atom. The van der Waals surface area contributed by atoms with E-state index in [1.807, 2.05) is 17.9 Å². The average Bonchev–Trinajstić information content (AvgIpc) is 2.39. The molecule has 0 spiro atoms. The summed E-state index contributed by atoms with van der Waals surface area (Å²) in [6.07, 6.45) is 2.21. The Kier molecular flexibility index (Phi) is 4.16. The number of hydrogen-bond acceptors (Lipinski definition) is 3. The van der Waals surface area contributed by atoms with Crippen LogP contribution >= 0.6 is 0 Å². The van der Waals surface area contributed by atoms with Crippen molar-refractivity contribution < 1.29 is 9.13 Å². The molecule has 18 heavy (non-hydrogen) atoms. The molecule has 1 atom stereocenters. The van der Waals surface area contributed by atoms with Gasteiger partial charge >= 0.3 is 0 Å². The normalized spacial score (nSPS) is 19.6. The van der Waals surface area contributed by atoms with Crippen LogP contribution in [0.1, 0.15) is 25.3 Å². The number of nitriles is 1. The molecule has 3 nitrogen and oxygen atoms in total. The largest absolute Gasteiger partial charge is 0.377 e. The molecule has 0 N–H and O–H groups in total. The summed E-state index contributed by atoms with van der Waals surface area (Å²) in [6, 6.07) is 6.73. The summed E-state index contributed by atoms with van der Waals surface area (Å²) in [5.74, 6) is -0.450. The molecule has 1 unspecified atom stereocenters. The molecule has 4 heteroatoms. The third kappa shape index (κ3) is 2.62. The van der Waals surface area contributed by atoms with E-state index < -0.39 is 5.82 Å². The van der Waals surface area contributed by atoms with Crippen LogP contribution in [0, 0.1) is 17.1 Å². The summed E-state index contributed by atoms with van der Waals surface area (Å²) in [5.41, 5.74) is 0.816. The summed E-state index contributed by atoms with van der Waals surface area (Å²) in [7, 11) is 0. The second kappa shape index (κ2) is 5.83. The van der Waals surface area contributed by atoms with E-state index in [9.17, 15) is 4.39 Å². The average molecular weight is 248 g/mol. The third-order valence-electron chi connectivity index (χ3n) is 3.22. The van der Waals surface area contributed by atoms with Gasteiger partial charge in [-0.3, -0.25) is 0 Å². The molecule has 0 bridgehead atoms. The highest BCUT2D eigenvalue weighted by Gasteiger charge is 2.23. The summed E-state index contributed by atoms with van der Waals surface area (Å²) in [5, 5.41) is 9.05. The van der Waals surface area contributed by atoms with E-state index >= 15 is 0 Å². The van der Waals surface area contributed by atoms with Crippen molar-refractivity contribution in [3.8, 4) is 6.07 Å². The molecule has 0 amide bonds. The van der Waals surface area contributed by atoms with Gasteiger partial charge in [-0.1, -0.05) is 6.07 Å². The molecule has 1 aliphatic heterocycles. The van der Waals surface area contributed by atoms with E-state index in [1.54, 1.807) is 12.1 Å². The number of ether oxygens (including phenoxy) is 1. The number of hydrogen-bond donors (Lipinski definition) is 0. The highest BCUT2D eigenvalue weighted by molar-refractivity contribution is 5.60. The van der Waals surface area contributed by atoms with Crippen molar-refractivity contribution in [1.29, 1.82) is 5.26 Å². The zero-order chi connectivity index (χ0) is 13.0. The van der Waals surface area contributed by atoms with Crippen LogP contribution in [-0.4, -0.2) is 25.8 Å². The predicted octanol–water partition coefficient (Wildman–Crippen LogP) is 2.70. The molecular weight excluding hydrogens is 231 g/mol. The van der Waals surface area contributed by atoms with E-state index in [0.717, 1.165) is 25.9 Å². The van der Waals surface area contributed by atoms with E-state index in [2.05, 4.69) is 0 Å². The van der Waals surface area contributed by atoms with Gasteiger partial charge in [0.15, 0.2) is 0 Å². The molecule has 1 heterocycles. The van der Waals surface area contributed by atoms with E-state index in [4.69, 9.17) is 10.00 Å². The molecule has 0 aliphatic carbocycles. The van der Waals surface area contributed by atoms with E-state index in [1.165, 1.54) is 6.07 Å². The van der Waals surface area contributed by atoms with Crippen LogP contribution in [-0.2, 0) is 4.74 Å². The van der Waals surface area contributed by atoms with Crippen LogP contribution in [0.3, 0.4) is 0 Å². The number of anilines is 1. The molecule has 0 radical (unpaired) electrons. The van der Waals surface area contributed by atoms with Crippen molar-refractivity contribution >= 4 is 5.69 Å². The molecule has 2 rings (SSSR count). The number of halogens is 1. The fourth-order valence-electron chi connectivity index (χ4n) is 2.42. The van der Waals surface area contributed by atoms with Gasteiger partial charge in [-0.2, -0.15) is 5.26 Å². The van der Waals surface area contributed by atoms with Crippen LogP contribution in [0.5, 0.6) is 0 Å². The highest BCUT2D eigenvalue weighted by Crippen LogP contribution is 2.26. The van der Waals surface area contributed by atoms with Crippen molar-refractivity contribution in [2.24, 2.45) is 0 Å². The molecule has 1 saturated heterocycles. The van der Waals surface area contributed by atoms with Gasteiger partial charge in [0.05, 0.1) is 11.8 Å². The minimum Gasteiger partial charge on any atom is -0.377 e. The van der Waals surface area contributed by atoms with Gasteiger partial charge < -0.3 is 9.64 Å². The fraction of sp³-hybridized carbons (Fsp3) is 0.500. The Balaban J connectivity index is 2.21. The minimum absolute atomic E-state index is 0.134. The lowest BCUT2D eigenvalue weighted by atomic mass is 10.1. The van der Waals surface area contributed by atoms with Gasteiger partial charge in [0, 0.05) is 19.7 Å². The number of nitrogens with zero attached hydrogens (tertiary/aromatic N) is 2. The van der Waals surface area contributed by atoms with Gasteiger partial charge in [-0.25, -0.2) is 4.39 Å². The maximum Gasteiger partial charge on any atom is 0.143 e. The predicted molar refractivity (Wildman–Crippen MR) is 68.0 cm³/mol. The Morgan fingerprint density at radius 3 is 3.11 bits per heavy atom. The maximum absolute atomic E-state index is 13.6. The SMILES string of the molecule is CCOC1CCCN(c2cccc(F)c2C#N)C1. The smallest absolute Gasteiger partial charge is 0.143 e. The quantitative estimate of drug-likeness (QED) is 0.825. The van der Waals surface area contributed by atoms with Gasteiger partial charge in [-0.05, 0) is 31.9 Å². The topological polar surface area (TPSA) is 36.3 Å². The summed E-state index contributed by atoms with van der Waals surface area (Å²) >= 11 is 0. The standard InChI is InChI=1S/C14H17FN2O/c1-2-18-11-5-4-8-17(10-11)14-7-3-6-13(15)12(14)9-16/h3,6-7,11H,2,4-5,8,10H2,1H3. The van der Waals surface area contributed by atoms with E-state index in [0.29, 0.717) is 12.3 Å². The molecule has 1 aliphatic rings. The zero-order valence-electron chi connectivity index (χ0n) is 10.5. The lowest BCUT2D eigenvalue weighted by Gasteiger charge is -2.34. The van der Waals surface area contributed by atoms with Crippen LogP contribution in [0.4, 0.5) is 10.1 Å². The third-order valence-corrected chi connectivity index (χ3v) is 3.22. The number of rotatable bonds is 3. The van der Waals surface area contributed by atoms with Crippen molar-refractivity contribution in [3.05, 3.63) is 29.6 Å². The van der Waals surface area contributed by atoms with Crippen molar-refractivity contribution in [1.82, 2.24) is 0 Å². The molecule has 1 aromatic carbocycles. The summed E-state index contributed by atoms with van der Waals surface area (Å²) in [6.45, 7) is 4.24. The van der Waals surface area contributed by atoms with Crippen LogP contribution in [0.2, 0.25) is 0 Å². The monoisotopic (exact) mass is 248 g/mol. The van der Waals surface area contributed by atoms with E-state index in [-0.39, 0.29) is 11.7 Å². The first-order valence-electron chi connectivity index (χ1n) is 6.31. The summed E-state index contributed by atoms with van der Waals surface area (Å²) < 4.78 is 19.2. The molecular formula is C14H17FN2O. The Bertz CT molecular complexity index is 454. The van der Waals surface area contributed by atoms with Gasteiger partial charge in [-0.15, -0.1) is 0 Å².